The lowest BCUT2D eigenvalue weighted by Gasteiger charge is -1.85. The van der Waals surface area contributed by atoms with Crippen molar-refractivity contribution in [3.05, 3.63) is 0 Å². The molecule has 0 unspecified atom stereocenters. The van der Waals surface area contributed by atoms with Gasteiger partial charge in [-0.25, -0.2) is 9.59 Å². The fourth-order valence-corrected chi connectivity index (χ4v) is 2.47. The van der Waals surface area contributed by atoms with Crippen molar-refractivity contribution < 1.29 is 30.0 Å². The summed E-state index contributed by atoms with van der Waals surface area (Å²) in [6, 6.07) is 0. The third-order valence-corrected chi connectivity index (χ3v) is 3.50. The van der Waals surface area contributed by atoms with E-state index < -0.39 is 12.3 Å². The first-order chi connectivity index (χ1) is 10.5. The lowest BCUT2D eigenvalue weighted by atomic mass is 10.2. The van der Waals surface area contributed by atoms with Gasteiger partial charge in [0.15, 0.2) is 0 Å². The largest absolute Gasteiger partial charge is 0.503 e. The second-order valence-corrected chi connectivity index (χ2v) is 5.51. The van der Waals surface area contributed by atoms with Crippen LogP contribution < -0.4 is 0 Å². The van der Waals surface area contributed by atoms with Gasteiger partial charge in [-0.05, 0) is 0 Å². The molecule has 0 aromatic heterocycles. The predicted molar refractivity (Wildman–Crippen MR) is 85.9 cm³/mol. The Bertz CT molecular complexity index is 182. The number of hydrogen-bond acceptors (Lipinski definition) is 2. The Labute approximate surface area is 133 Å². The lowest BCUT2D eigenvalue weighted by Crippen LogP contribution is -1.81. The molecule has 2 aliphatic rings. The maximum Gasteiger partial charge on any atom is 0.503 e. The number of hydrogen-bond donors (Lipinski definition) is 4. The molecule has 0 heterocycles. The number of carboxylic acid groups (broad SMARTS) is 4. The quantitative estimate of drug-likeness (QED) is 0.413. The highest BCUT2D eigenvalue weighted by Crippen LogP contribution is 2.16. The first kappa shape index (κ1) is 22.8. The first-order valence-electron chi connectivity index (χ1n) is 8.30. The second-order valence-electron chi connectivity index (χ2n) is 5.51. The van der Waals surface area contributed by atoms with Crippen molar-refractivity contribution >= 4 is 12.3 Å². The molecule has 0 aromatic rings. The first-order valence-corrected chi connectivity index (χ1v) is 8.30. The van der Waals surface area contributed by atoms with E-state index in [-0.39, 0.29) is 0 Å². The second kappa shape index (κ2) is 19.5. The van der Waals surface area contributed by atoms with Gasteiger partial charge in [0.05, 0.1) is 0 Å². The average molecular weight is 320 g/mol. The number of rotatable bonds is 0. The van der Waals surface area contributed by atoms with E-state index in [9.17, 15) is 0 Å². The summed E-state index contributed by atoms with van der Waals surface area (Å²) in [6.45, 7) is 0. The van der Waals surface area contributed by atoms with E-state index in [1.54, 1.807) is 0 Å². The zero-order chi connectivity index (χ0) is 17.1. The minimum Gasteiger partial charge on any atom is -0.450 e. The van der Waals surface area contributed by atoms with Crippen molar-refractivity contribution in [2.75, 3.05) is 0 Å². The number of carbonyl (C=O) groups is 2. The van der Waals surface area contributed by atoms with Gasteiger partial charge < -0.3 is 20.4 Å². The normalized spacial score (nSPS) is 17.5. The van der Waals surface area contributed by atoms with E-state index in [0.717, 1.165) is 0 Å². The van der Waals surface area contributed by atoms with Crippen LogP contribution in [0.2, 0.25) is 0 Å². The van der Waals surface area contributed by atoms with Gasteiger partial charge >= 0.3 is 12.3 Å². The molecule has 0 atom stereocenters. The molecule has 0 aromatic carbocycles. The minimum absolute atomic E-state index is 1.50. The summed E-state index contributed by atoms with van der Waals surface area (Å²) < 4.78 is 0. The zero-order valence-corrected chi connectivity index (χ0v) is 13.5. The maximum atomic E-state index is 8.56. The van der Waals surface area contributed by atoms with Crippen LogP contribution >= 0.6 is 0 Å². The van der Waals surface area contributed by atoms with Crippen LogP contribution in [0.15, 0.2) is 0 Å². The van der Waals surface area contributed by atoms with Crippen LogP contribution in [0.25, 0.3) is 0 Å². The molecule has 132 valence electrons. The van der Waals surface area contributed by atoms with Crippen LogP contribution in [0.1, 0.15) is 89.9 Å². The van der Waals surface area contributed by atoms with Crippen LogP contribution in [-0.2, 0) is 0 Å². The van der Waals surface area contributed by atoms with Crippen molar-refractivity contribution in [1.82, 2.24) is 0 Å². The summed E-state index contributed by atoms with van der Waals surface area (Å²) in [5.74, 6) is 0. The highest BCUT2D eigenvalue weighted by Gasteiger charge is 1.96. The summed E-state index contributed by atoms with van der Waals surface area (Å²) in [4.78, 5) is 17.1. The van der Waals surface area contributed by atoms with Crippen molar-refractivity contribution in [1.29, 1.82) is 0 Å². The van der Waals surface area contributed by atoms with Gasteiger partial charge in [0.1, 0.15) is 0 Å². The highest BCUT2D eigenvalue weighted by atomic mass is 16.6. The van der Waals surface area contributed by atoms with E-state index >= 15 is 0 Å². The molecule has 6 nitrogen and oxygen atoms in total. The third-order valence-electron chi connectivity index (χ3n) is 3.50. The molecule has 0 saturated heterocycles. The van der Waals surface area contributed by atoms with Gasteiger partial charge in [0.25, 0.3) is 0 Å². The Kier molecular flexibility index (Phi) is 20.3. The van der Waals surface area contributed by atoms with Gasteiger partial charge in [-0.2, -0.15) is 0 Å². The summed E-state index contributed by atoms with van der Waals surface area (Å²) in [6.07, 6.45) is 17.3. The van der Waals surface area contributed by atoms with Gasteiger partial charge in [-0.3, -0.25) is 0 Å². The molecular formula is C16H32O6. The summed E-state index contributed by atoms with van der Waals surface area (Å²) >= 11 is 0. The van der Waals surface area contributed by atoms with Crippen LogP contribution in [0.4, 0.5) is 9.59 Å². The molecule has 0 amide bonds. The molecule has 2 rings (SSSR count). The Hall–Kier alpha value is -1.46. The van der Waals surface area contributed by atoms with Crippen molar-refractivity contribution in [3.63, 3.8) is 0 Å². The Morgan fingerprint density at radius 3 is 0.455 bits per heavy atom. The molecule has 0 aliphatic heterocycles. The minimum atomic E-state index is -1.83. The molecule has 6 heteroatoms. The molecule has 2 saturated carbocycles. The lowest BCUT2D eigenvalue weighted by molar-refractivity contribution is 0.135. The van der Waals surface area contributed by atoms with E-state index in [0.29, 0.717) is 0 Å². The van der Waals surface area contributed by atoms with Crippen LogP contribution in [0.3, 0.4) is 0 Å². The Balaban J connectivity index is 0. The monoisotopic (exact) mass is 320 g/mol. The van der Waals surface area contributed by atoms with Gasteiger partial charge in [-0.15, -0.1) is 0 Å². The smallest absolute Gasteiger partial charge is 0.450 e. The van der Waals surface area contributed by atoms with Crippen LogP contribution in [0, 0.1) is 0 Å². The van der Waals surface area contributed by atoms with Crippen molar-refractivity contribution in [3.8, 4) is 0 Å². The fraction of sp³-hybridized carbons (Fsp3) is 0.875. The van der Waals surface area contributed by atoms with Gasteiger partial charge in [-0.1, -0.05) is 89.9 Å². The topological polar surface area (TPSA) is 115 Å². The van der Waals surface area contributed by atoms with E-state index in [2.05, 4.69) is 0 Å². The zero-order valence-electron chi connectivity index (χ0n) is 13.5. The molecule has 0 spiro atoms. The van der Waals surface area contributed by atoms with E-state index in [1.807, 2.05) is 0 Å². The van der Waals surface area contributed by atoms with Crippen molar-refractivity contribution in [2.45, 2.75) is 89.9 Å². The van der Waals surface area contributed by atoms with Crippen molar-refractivity contribution in [2.24, 2.45) is 0 Å². The van der Waals surface area contributed by atoms with Crippen LogP contribution in [-0.4, -0.2) is 32.7 Å². The SMILES string of the molecule is C1CCCCCC1.C1CCCCCC1.O=C(O)O.O=C(O)O. The Morgan fingerprint density at radius 2 is 0.409 bits per heavy atom. The van der Waals surface area contributed by atoms with Gasteiger partial charge in [0.2, 0.25) is 0 Å². The molecule has 0 radical (unpaired) electrons. The summed E-state index contributed by atoms with van der Waals surface area (Å²) in [5, 5.41) is 27.9. The highest BCUT2D eigenvalue weighted by molar-refractivity contribution is 5.53. The molecule has 2 aliphatic carbocycles. The van der Waals surface area contributed by atoms with E-state index in [1.165, 1.54) is 89.9 Å². The predicted octanol–water partition coefficient (Wildman–Crippen LogP) is 5.91. The van der Waals surface area contributed by atoms with Gasteiger partial charge in [0, 0.05) is 0 Å². The molecule has 0 bridgehead atoms. The summed E-state index contributed by atoms with van der Waals surface area (Å²) in [7, 11) is 0. The fourth-order valence-electron chi connectivity index (χ4n) is 2.47. The standard InChI is InChI=1S/2C7H14.2CH2O3/c2*1-2-4-6-7-5-3-1;2*2-1(3)4/h2*1-7H2;2*(H2,2,3,4). The Morgan fingerprint density at radius 1 is 0.364 bits per heavy atom. The molecular weight excluding hydrogens is 288 g/mol. The maximum absolute atomic E-state index is 8.56. The molecule has 4 N–H and O–H groups in total. The molecule has 2 fully saturated rings. The summed E-state index contributed by atoms with van der Waals surface area (Å²) in [5.41, 5.74) is 0. The third kappa shape index (κ3) is 36.3. The average Bonchev–Trinajstić information content (AvgIpc) is 2.88. The molecule has 22 heavy (non-hydrogen) atoms. The van der Waals surface area contributed by atoms with E-state index in [4.69, 9.17) is 30.0 Å². The van der Waals surface area contributed by atoms with Crippen LogP contribution in [0.5, 0.6) is 0 Å².